The Kier molecular flexibility index (Phi) is 6.64. The van der Waals surface area contributed by atoms with Gasteiger partial charge in [-0.1, -0.05) is 0 Å². The molecule has 0 bridgehead atoms. The molecule has 0 aliphatic carbocycles. The van der Waals surface area contributed by atoms with Gasteiger partial charge in [-0.15, -0.1) is 0 Å². The third-order valence-electron chi connectivity index (χ3n) is 3.67. The summed E-state index contributed by atoms with van der Waals surface area (Å²) in [6, 6.07) is 6.09. The van der Waals surface area contributed by atoms with Crippen LogP contribution >= 0.6 is 0 Å². The van der Waals surface area contributed by atoms with Crippen molar-refractivity contribution in [3.8, 4) is 17.0 Å². The number of hydrogen-bond donors (Lipinski definition) is 2. The number of hydrogen-bond acceptors (Lipinski definition) is 6. The predicted molar refractivity (Wildman–Crippen MR) is 100 cm³/mol. The molecule has 3 N–H and O–H groups in total. The fraction of sp³-hybridized carbons (Fsp3) is 0.278. The Bertz CT molecular complexity index is 1000. The first kappa shape index (κ1) is 22.0. The zero-order valence-corrected chi connectivity index (χ0v) is 15.9. The van der Waals surface area contributed by atoms with E-state index in [2.05, 4.69) is 20.9 Å². The van der Waals surface area contributed by atoms with Crippen LogP contribution in [0.2, 0.25) is 0 Å². The Morgan fingerprint density at radius 3 is 2.52 bits per heavy atom. The van der Waals surface area contributed by atoms with E-state index in [0.717, 1.165) is 34.8 Å². The maximum absolute atomic E-state index is 10.6. The second-order valence-corrected chi connectivity index (χ2v) is 6.27. The van der Waals surface area contributed by atoms with E-state index in [9.17, 15) is 13.2 Å². The zero-order valence-electron chi connectivity index (χ0n) is 15.9. The lowest BCUT2D eigenvalue weighted by molar-refractivity contribution is -0.192. The summed E-state index contributed by atoms with van der Waals surface area (Å²) in [6.07, 6.45) is 0.353. The Morgan fingerprint density at radius 2 is 1.97 bits per heavy atom. The standard InChI is InChI=1S/C16H19N5O.C2HF3O2/c1-20(2)8-12-6-11(4-5-14(12)22-3)13-9-21-10-15(17)19-16(21)7-18-13;3-2(4,5)1(6)7/h4-7,9-10H,8,17H2,1-3H3;(H,6,7). The summed E-state index contributed by atoms with van der Waals surface area (Å²) in [4.78, 5) is 19.7. The molecule has 11 heteroatoms. The molecule has 0 aliphatic heterocycles. The molecule has 8 nitrogen and oxygen atoms in total. The first-order chi connectivity index (χ1) is 13.5. The number of aliphatic carboxylic acids is 1. The quantitative estimate of drug-likeness (QED) is 0.680. The van der Waals surface area contributed by atoms with Crippen LogP contribution in [-0.2, 0) is 11.3 Å². The van der Waals surface area contributed by atoms with Crippen LogP contribution in [0.25, 0.3) is 16.9 Å². The van der Waals surface area contributed by atoms with Gasteiger partial charge in [0.15, 0.2) is 5.65 Å². The first-order valence-electron chi connectivity index (χ1n) is 8.23. The Labute approximate surface area is 164 Å². The van der Waals surface area contributed by atoms with Crippen LogP contribution in [0.5, 0.6) is 5.75 Å². The van der Waals surface area contributed by atoms with Gasteiger partial charge >= 0.3 is 12.1 Å². The highest BCUT2D eigenvalue weighted by Crippen LogP contribution is 2.26. The van der Waals surface area contributed by atoms with E-state index in [1.54, 1.807) is 19.5 Å². The summed E-state index contributed by atoms with van der Waals surface area (Å²) in [6.45, 7) is 0.803. The number of ether oxygens (including phenoxy) is 1. The monoisotopic (exact) mass is 411 g/mol. The van der Waals surface area contributed by atoms with E-state index in [0.29, 0.717) is 5.82 Å². The molecule has 0 spiro atoms. The number of carbonyl (C=O) groups is 1. The SMILES string of the molecule is COc1ccc(-c2cn3cc(N)nc3cn2)cc1CN(C)C.O=C(O)C(F)(F)F. The molecule has 3 rings (SSSR count). The number of alkyl halides is 3. The van der Waals surface area contributed by atoms with E-state index < -0.39 is 12.1 Å². The van der Waals surface area contributed by atoms with Crippen LogP contribution in [-0.4, -0.2) is 57.7 Å². The van der Waals surface area contributed by atoms with E-state index >= 15 is 0 Å². The largest absolute Gasteiger partial charge is 0.496 e. The molecule has 0 saturated heterocycles. The molecular formula is C18H20F3N5O3. The number of rotatable bonds is 4. The van der Waals surface area contributed by atoms with Crippen molar-refractivity contribution in [2.45, 2.75) is 12.7 Å². The minimum atomic E-state index is -5.08. The maximum Gasteiger partial charge on any atom is 0.490 e. The van der Waals surface area contributed by atoms with Crippen molar-refractivity contribution in [2.75, 3.05) is 26.9 Å². The molecule has 2 heterocycles. The fourth-order valence-electron chi connectivity index (χ4n) is 2.47. The third kappa shape index (κ3) is 5.82. The summed E-state index contributed by atoms with van der Waals surface area (Å²) < 4.78 is 39.1. The fourth-order valence-corrected chi connectivity index (χ4v) is 2.47. The molecule has 0 amide bonds. The van der Waals surface area contributed by atoms with Crippen molar-refractivity contribution in [1.29, 1.82) is 0 Å². The van der Waals surface area contributed by atoms with Crippen molar-refractivity contribution >= 4 is 17.4 Å². The lowest BCUT2D eigenvalue weighted by Gasteiger charge is -2.14. The number of nitrogens with two attached hydrogens (primary N) is 1. The number of carboxylic acids is 1. The molecule has 156 valence electrons. The number of fused-ring (bicyclic) bond motifs is 1. The average Bonchev–Trinajstić information content (AvgIpc) is 3.00. The number of methoxy groups -OCH3 is 1. The molecular weight excluding hydrogens is 391 g/mol. The Hall–Kier alpha value is -3.34. The number of nitrogen functional groups attached to an aromatic ring is 1. The highest BCUT2D eigenvalue weighted by Gasteiger charge is 2.38. The predicted octanol–water partition coefficient (Wildman–Crippen LogP) is 2.68. The van der Waals surface area contributed by atoms with Crippen LogP contribution in [0.1, 0.15) is 5.56 Å². The van der Waals surface area contributed by atoms with Crippen molar-refractivity contribution in [3.05, 3.63) is 42.4 Å². The minimum absolute atomic E-state index is 0.488. The number of imidazole rings is 1. The Morgan fingerprint density at radius 1 is 1.31 bits per heavy atom. The number of anilines is 1. The van der Waals surface area contributed by atoms with Gasteiger partial charge < -0.3 is 24.9 Å². The number of nitrogens with zero attached hydrogens (tertiary/aromatic N) is 4. The van der Waals surface area contributed by atoms with Gasteiger partial charge in [0.2, 0.25) is 0 Å². The van der Waals surface area contributed by atoms with Crippen molar-refractivity contribution in [1.82, 2.24) is 19.3 Å². The van der Waals surface area contributed by atoms with Gasteiger partial charge in [0.25, 0.3) is 0 Å². The summed E-state index contributed by atoms with van der Waals surface area (Å²) >= 11 is 0. The van der Waals surface area contributed by atoms with Gasteiger partial charge in [-0.25, -0.2) is 9.78 Å². The number of benzene rings is 1. The van der Waals surface area contributed by atoms with E-state index in [1.165, 1.54) is 0 Å². The van der Waals surface area contributed by atoms with E-state index in [1.807, 2.05) is 36.8 Å². The first-order valence-corrected chi connectivity index (χ1v) is 8.23. The molecule has 1 aromatic carbocycles. The summed E-state index contributed by atoms with van der Waals surface area (Å²) in [5.41, 5.74) is 9.48. The highest BCUT2D eigenvalue weighted by atomic mass is 19.4. The molecule has 0 saturated carbocycles. The topological polar surface area (TPSA) is 106 Å². The van der Waals surface area contributed by atoms with Gasteiger partial charge in [0.05, 0.1) is 25.2 Å². The Balaban J connectivity index is 0.000000370. The molecule has 0 radical (unpaired) electrons. The third-order valence-corrected chi connectivity index (χ3v) is 3.67. The van der Waals surface area contributed by atoms with Gasteiger partial charge in [0.1, 0.15) is 11.6 Å². The van der Waals surface area contributed by atoms with Crippen LogP contribution in [0.3, 0.4) is 0 Å². The lowest BCUT2D eigenvalue weighted by atomic mass is 10.1. The molecule has 0 fully saturated rings. The van der Waals surface area contributed by atoms with Crippen LogP contribution in [0, 0.1) is 0 Å². The summed E-state index contributed by atoms with van der Waals surface area (Å²) in [5, 5.41) is 7.12. The van der Waals surface area contributed by atoms with Gasteiger partial charge in [-0.3, -0.25) is 4.98 Å². The van der Waals surface area contributed by atoms with Crippen LogP contribution < -0.4 is 10.5 Å². The second kappa shape index (κ2) is 8.78. The van der Waals surface area contributed by atoms with Gasteiger partial charge in [-0.05, 0) is 32.3 Å². The average molecular weight is 411 g/mol. The van der Waals surface area contributed by atoms with E-state index in [-0.39, 0.29) is 0 Å². The number of aromatic nitrogens is 3. The molecule has 0 aliphatic rings. The van der Waals surface area contributed by atoms with Crippen molar-refractivity contribution < 1.29 is 27.8 Å². The van der Waals surface area contributed by atoms with Gasteiger partial charge in [0, 0.05) is 23.9 Å². The molecule has 2 aromatic heterocycles. The number of carboxylic acid groups (broad SMARTS) is 1. The number of halogens is 3. The lowest BCUT2D eigenvalue weighted by Crippen LogP contribution is -2.21. The molecule has 29 heavy (non-hydrogen) atoms. The summed E-state index contributed by atoms with van der Waals surface area (Å²) in [5.74, 6) is -1.39. The minimum Gasteiger partial charge on any atom is -0.496 e. The molecule has 3 aromatic rings. The van der Waals surface area contributed by atoms with E-state index in [4.69, 9.17) is 20.4 Å². The molecule has 0 atom stereocenters. The van der Waals surface area contributed by atoms with Gasteiger partial charge in [-0.2, -0.15) is 13.2 Å². The summed E-state index contributed by atoms with van der Waals surface area (Å²) in [7, 11) is 5.75. The highest BCUT2D eigenvalue weighted by molar-refractivity contribution is 5.73. The van der Waals surface area contributed by atoms with Crippen LogP contribution in [0.4, 0.5) is 19.0 Å². The van der Waals surface area contributed by atoms with Crippen molar-refractivity contribution in [3.63, 3.8) is 0 Å². The van der Waals surface area contributed by atoms with Crippen LogP contribution in [0.15, 0.2) is 36.8 Å². The zero-order chi connectivity index (χ0) is 21.8. The van der Waals surface area contributed by atoms with Crippen molar-refractivity contribution in [2.24, 2.45) is 0 Å². The normalized spacial score (nSPS) is 11.3. The maximum atomic E-state index is 10.6. The smallest absolute Gasteiger partial charge is 0.490 e. The molecule has 0 unspecified atom stereocenters. The second-order valence-electron chi connectivity index (χ2n) is 6.27.